The quantitative estimate of drug-likeness (QED) is 0.496. The maximum Gasteiger partial charge on any atom is 0.300 e. The Labute approximate surface area is 160 Å². The number of carbonyl (C=O) groups excluding carboxylic acids is 1. The van der Waals surface area contributed by atoms with Gasteiger partial charge in [0.2, 0.25) is 5.82 Å². The first kappa shape index (κ1) is 17.3. The van der Waals surface area contributed by atoms with Crippen molar-refractivity contribution in [2.45, 2.75) is 0 Å². The minimum Gasteiger partial charge on any atom is -0.331 e. The highest BCUT2D eigenvalue weighted by Gasteiger charge is 2.24. The standard InChI is InChI=1S/C17H9ClFN5O2S/c18-14-13(27-17(22-14)21-10-6-4-9(19)5-7-10)12(25)16-23-15(24-26-16)11-3-1-2-8-20-11/h1-8H,(H,21,22). The fraction of sp³-hybridized carbons (Fsp3) is 0. The molecule has 0 aliphatic carbocycles. The Morgan fingerprint density at radius 1 is 1.15 bits per heavy atom. The number of nitrogens with zero attached hydrogens (tertiary/aromatic N) is 4. The number of thiazole rings is 1. The van der Waals surface area contributed by atoms with Gasteiger partial charge < -0.3 is 9.84 Å². The lowest BCUT2D eigenvalue weighted by Gasteiger charge is -2.00. The number of hydrogen-bond acceptors (Lipinski definition) is 8. The molecule has 0 aliphatic heterocycles. The third kappa shape index (κ3) is 3.69. The molecule has 0 saturated carbocycles. The van der Waals surface area contributed by atoms with Crippen LogP contribution in [0.25, 0.3) is 11.5 Å². The van der Waals surface area contributed by atoms with Gasteiger partial charge in [-0.15, -0.1) is 0 Å². The summed E-state index contributed by atoms with van der Waals surface area (Å²) >= 11 is 7.11. The lowest BCUT2D eigenvalue weighted by Crippen LogP contribution is -2.00. The van der Waals surface area contributed by atoms with Crippen molar-refractivity contribution in [3.8, 4) is 11.5 Å². The molecular formula is C17H9ClFN5O2S. The molecule has 0 saturated heterocycles. The van der Waals surface area contributed by atoms with E-state index in [9.17, 15) is 9.18 Å². The van der Waals surface area contributed by atoms with E-state index in [0.29, 0.717) is 16.5 Å². The first-order chi connectivity index (χ1) is 13.1. The van der Waals surface area contributed by atoms with Gasteiger partial charge in [-0.2, -0.15) is 4.98 Å². The molecule has 7 nitrogen and oxygen atoms in total. The van der Waals surface area contributed by atoms with Crippen molar-refractivity contribution in [1.29, 1.82) is 0 Å². The van der Waals surface area contributed by atoms with Crippen LogP contribution in [0.4, 0.5) is 15.2 Å². The topological polar surface area (TPSA) is 93.8 Å². The smallest absolute Gasteiger partial charge is 0.300 e. The maximum absolute atomic E-state index is 13.0. The van der Waals surface area contributed by atoms with Gasteiger partial charge in [0.1, 0.15) is 16.4 Å². The monoisotopic (exact) mass is 401 g/mol. The number of aromatic nitrogens is 4. The zero-order valence-corrected chi connectivity index (χ0v) is 15.0. The van der Waals surface area contributed by atoms with Crippen LogP contribution in [-0.2, 0) is 0 Å². The molecule has 0 fully saturated rings. The summed E-state index contributed by atoms with van der Waals surface area (Å²) < 4.78 is 18.0. The largest absolute Gasteiger partial charge is 0.331 e. The number of anilines is 2. The van der Waals surface area contributed by atoms with Gasteiger partial charge in [0.15, 0.2) is 10.3 Å². The molecule has 0 unspecified atom stereocenters. The van der Waals surface area contributed by atoms with Crippen molar-refractivity contribution in [3.63, 3.8) is 0 Å². The third-order valence-electron chi connectivity index (χ3n) is 3.40. The summed E-state index contributed by atoms with van der Waals surface area (Å²) in [5.41, 5.74) is 1.09. The van der Waals surface area contributed by atoms with Crippen LogP contribution in [0.5, 0.6) is 0 Å². The van der Waals surface area contributed by atoms with Crippen LogP contribution in [0.1, 0.15) is 15.6 Å². The number of nitrogens with one attached hydrogen (secondary N) is 1. The number of pyridine rings is 1. The highest BCUT2D eigenvalue weighted by molar-refractivity contribution is 7.18. The van der Waals surface area contributed by atoms with Crippen LogP contribution in [0.15, 0.2) is 53.2 Å². The molecule has 1 aromatic carbocycles. The molecule has 4 rings (SSSR count). The summed E-state index contributed by atoms with van der Waals surface area (Å²) in [5.74, 6) is -0.910. The molecule has 0 atom stereocenters. The summed E-state index contributed by atoms with van der Waals surface area (Å²) in [6.45, 7) is 0. The van der Waals surface area contributed by atoms with Crippen LogP contribution in [-0.4, -0.2) is 25.9 Å². The van der Waals surface area contributed by atoms with E-state index in [0.717, 1.165) is 11.3 Å². The summed E-state index contributed by atoms with van der Waals surface area (Å²) in [6, 6.07) is 10.9. The van der Waals surface area contributed by atoms with E-state index in [1.54, 1.807) is 36.5 Å². The summed E-state index contributed by atoms with van der Waals surface area (Å²) in [4.78, 5) is 25.0. The Hall–Kier alpha value is -3.17. The van der Waals surface area contributed by atoms with E-state index in [-0.39, 0.29) is 27.6 Å². The van der Waals surface area contributed by atoms with Crippen molar-refractivity contribution in [2.75, 3.05) is 5.32 Å². The van der Waals surface area contributed by atoms with Crippen molar-refractivity contribution >= 4 is 39.5 Å². The average molecular weight is 402 g/mol. The zero-order valence-electron chi connectivity index (χ0n) is 13.4. The van der Waals surface area contributed by atoms with Crippen LogP contribution in [0.2, 0.25) is 5.15 Å². The van der Waals surface area contributed by atoms with Gasteiger partial charge in [-0.3, -0.25) is 9.78 Å². The van der Waals surface area contributed by atoms with E-state index in [1.165, 1.54) is 12.1 Å². The Morgan fingerprint density at radius 3 is 2.70 bits per heavy atom. The molecule has 0 bridgehead atoms. The minimum absolute atomic E-state index is 0.00666. The van der Waals surface area contributed by atoms with Gasteiger partial charge in [-0.05, 0) is 36.4 Å². The fourth-order valence-corrected chi connectivity index (χ4v) is 3.31. The molecule has 3 aromatic heterocycles. The fourth-order valence-electron chi connectivity index (χ4n) is 2.16. The zero-order chi connectivity index (χ0) is 18.8. The summed E-state index contributed by atoms with van der Waals surface area (Å²) in [5, 5.41) is 7.10. The first-order valence-corrected chi connectivity index (χ1v) is 8.78. The SMILES string of the molecule is O=C(c1nc(-c2ccccn2)no1)c1sc(Nc2ccc(F)cc2)nc1Cl. The predicted octanol–water partition coefficient (Wildman–Crippen LogP) is 4.36. The van der Waals surface area contributed by atoms with Crippen LogP contribution < -0.4 is 5.32 Å². The average Bonchev–Trinajstić information content (AvgIpc) is 3.31. The lowest BCUT2D eigenvalue weighted by molar-refractivity contribution is 0.0998. The van der Waals surface area contributed by atoms with Crippen LogP contribution >= 0.6 is 22.9 Å². The second-order valence-corrected chi connectivity index (χ2v) is 6.60. The number of halogens is 2. The second-order valence-electron chi connectivity index (χ2n) is 5.24. The summed E-state index contributed by atoms with van der Waals surface area (Å²) in [7, 11) is 0. The van der Waals surface area contributed by atoms with Gasteiger partial charge in [-0.25, -0.2) is 9.37 Å². The maximum atomic E-state index is 13.0. The van der Waals surface area contributed by atoms with E-state index < -0.39 is 5.78 Å². The van der Waals surface area contributed by atoms with Crippen molar-refractivity contribution in [2.24, 2.45) is 0 Å². The van der Waals surface area contributed by atoms with E-state index >= 15 is 0 Å². The Balaban J connectivity index is 1.57. The number of benzene rings is 1. The highest BCUT2D eigenvalue weighted by atomic mass is 35.5. The molecular weight excluding hydrogens is 393 g/mol. The van der Waals surface area contributed by atoms with Crippen LogP contribution in [0, 0.1) is 5.82 Å². The number of ketones is 1. The number of rotatable bonds is 5. The van der Waals surface area contributed by atoms with Gasteiger partial charge in [0, 0.05) is 11.9 Å². The molecule has 27 heavy (non-hydrogen) atoms. The van der Waals surface area contributed by atoms with E-state index in [1.807, 2.05) is 0 Å². The molecule has 134 valence electrons. The van der Waals surface area contributed by atoms with Gasteiger partial charge in [-0.1, -0.05) is 34.2 Å². The van der Waals surface area contributed by atoms with Gasteiger partial charge >= 0.3 is 0 Å². The summed E-state index contributed by atoms with van der Waals surface area (Å²) in [6.07, 6.45) is 1.58. The number of carbonyl (C=O) groups is 1. The predicted molar refractivity (Wildman–Crippen MR) is 97.8 cm³/mol. The van der Waals surface area contributed by atoms with Crippen molar-refractivity contribution in [3.05, 3.63) is 70.4 Å². The van der Waals surface area contributed by atoms with Gasteiger partial charge in [0.25, 0.3) is 11.7 Å². The van der Waals surface area contributed by atoms with Crippen molar-refractivity contribution < 1.29 is 13.7 Å². The van der Waals surface area contributed by atoms with E-state index in [4.69, 9.17) is 16.1 Å². The molecule has 3 heterocycles. The minimum atomic E-state index is -0.542. The Morgan fingerprint density at radius 2 is 1.96 bits per heavy atom. The molecule has 0 spiro atoms. The molecule has 0 radical (unpaired) electrons. The molecule has 0 aliphatic rings. The normalized spacial score (nSPS) is 10.7. The second kappa shape index (κ2) is 7.22. The number of hydrogen-bond donors (Lipinski definition) is 1. The lowest BCUT2D eigenvalue weighted by atomic mass is 10.3. The molecule has 4 aromatic rings. The molecule has 1 N–H and O–H groups in total. The Kier molecular flexibility index (Phi) is 4.61. The first-order valence-electron chi connectivity index (χ1n) is 7.59. The third-order valence-corrected chi connectivity index (χ3v) is 4.76. The van der Waals surface area contributed by atoms with E-state index in [2.05, 4.69) is 25.4 Å². The van der Waals surface area contributed by atoms with Crippen molar-refractivity contribution in [1.82, 2.24) is 20.1 Å². The van der Waals surface area contributed by atoms with Gasteiger partial charge in [0.05, 0.1) is 0 Å². The molecule has 0 amide bonds. The Bertz CT molecular complexity index is 1100. The molecule has 10 heteroatoms. The highest BCUT2D eigenvalue weighted by Crippen LogP contribution is 2.31. The van der Waals surface area contributed by atoms with Crippen LogP contribution in [0.3, 0.4) is 0 Å².